The molecule has 20 heavy (non-hydrogen) atoms. The summed E-state index contributed by atoms with van der Waals surface area (Å²) in [5.74, 6) is 1.75. The summed E-state index contributed by atoms with van der Waals surface area (Å²) in [6, 6.07) is 5.85. The van der Waals surface area contributed by atoms with Crippen LogP contribution < -0.4 is 14.8 Å². The van der Waals surface area contributed by atoms with Crippen molar-refractivity contribution >= 4 is 11.6 Å². The topological polar surface area (TPSA) is 50.8 Å². The highest BCUT2D eigenvalue weighted by Gasteiger charge is 2.10. The van der Waals surface area contributed by atoms with E-state index >= 15 is 0 Å². The fourth-order valence-electron chi connectivity index (χ4n) is 1.97. The standard InChI is InChI=1S/C15H22N2O3/c1-17(2)15(18)5-3-8-16-12-6-7-13-14(11-12)20-10-4-9-19-13/h6-7,11,16H,3-5,8-10H2,1-2H3. The molecule has 1 aliphatic rings. The summed E-state index contributed by atoms with van der Waals surface area (Å²) in [6.45, 7) is 2.15. The number of anilines is 1. The number of nitrogens with one attached hydrogen (secondary N) is 1. The number of hydrogen-bond acceptors (Lipinski definition) is 4. The zero-order chi connectivity index (χ0) is 14.4. The molecule has 1 N–H and O–H groups in total. The zero-order valence-corrected chi connectivity index (χ0v) is 12.1. The number of nitrogens with zero attached hydrogens (tertiary/aromatic N) is 1. The van der Waals surface area contributed by atoms with Crippen LogP contribution in [-0.2, 0) is 4.79 Å². The maximum Gasteiger partial charge on any atom is 0.222 e. The van der Waals surface area contributed by atoms with Gasteiger partial charge in [-0.15, -0.1) is 0 Å². The second-order valence-corrected chi connectivity index (χ2v) is 5.03. The second-order valence-electron chi connectivity index (χ2n) is 5.03. The van der Waals surface area contributed by atoms with Crippen LogP contribution in [0.1, 0.15) is 19.3 Å². The van der Waals surface area contributed by atoms with Crippen LogP contribution in [0.4, 0.5) is 5.69 Å². The summed E-state index contributed by atoms with van der Waals surface area (Å²) < 4.78 is 11.2. The van der Waals surface area contributed by atoms with E-state index in [1.54, 1.807) is 19.0 Å². The SMILES string of the molecule is CN(C)C(=O)CCCNc1ccc2c(c1)OCCCO2. The maximum absolute atomic E-state index is 11.4. The Bertz CT molecular complexity index is 460. The predicted octanol–water partition coefficient (Wildman–Crippen LogP) is 2.13. The van der Waals surface area contributed by atoms with Crippen LogP contribution in [0.2, 0.25) is 0 Å². The van der Waals surface area contributed by atoms with E-state index in [1.165, 1.54) is 0 Å². The Morgan fingerprint density at radius 3 is 2.75 bits per heavy atom. The number of hydrogen-bond donors (Lipinski definition) is 1. The van der Waals surface area contributed by atoms with Gasteiger partial charge in [-0.2, -0.15) is 0 Å². The third-order valence-corrected chi connectivity index (χ3v) is 3.14. The maximum atomic E-state index is 11.4. The lowest BCUT2D eigenvalue weighted by Gasteiger charge is -2.12. The van der Waals surface area contributed by atoms with Crippen molar-refractivity contribution in [3.63, 3.8) is 0 Å². The molecule has 0 atom stereocenters. The van der Waals surface area contributed by atoms with E-state index < -0.39 is 0 Å². The summed E-state index contributed by atoms with van der Waals surface area (Å²) in [7, 11) is 3.55. The number of benzene rings is 1. The smallest absolute Gasteiger partial charge is 0.222 e. The summed E-state index contributed by atoms with van der Waals surface area (Å²) in [4.78, 5) is 13.1. The molecular weight excluding hydrogens is 256 g/mol. The first-order valence-corrected chi connectivity index (χ1v) is 7.00. The number of ether oxygens (including phenoxy) is 2. The van der Waals surface area contributed by atoms with Crippen LogP contribution in [-0.4, -0.2) is 44.7 Å². The van der Waals surface area contributed by atoms with Crippen molar-refractivity contribution in [3.05, 3.63) is 18.2 Å². The van der Waals surface area contributed by atoms with Crippen molar-refractivity contribution in [2.24, 2.45) is 0 Å². The predicted molar refractivity (Wildman–Crippen MR) is 78.5 cm³/mol. The van der Waals surface area contributed by atoms with Crippen LogP contribution >= 0.6 is 0 Å². The third kappa shape index (κ3) is 4.05. The lowest BCUT2D eigenvalue weighted by atomic mass is 10.2. The number of carbonyl (C=O) groups is 1. The average Bonchev–Trinajstić information content (AvgIpc) is 2.67. The van der Waals surface area contributed by atoms with Crippen molar-refractivity contribution in [3.8, 4) is 11.5 Å². The first kappa shape index (κ1) is 14.5. The van der Waals surface area contributed by atoms with Gasteiger partial charge in [0.05, 0.1) is 13.2 Å². The molecule has 0 radical (unpaired) electrons. The van der Waals surface area contributed by atoms with Gasteiger partial charge in [0, 0.05) is 45.2 Å². The summed E-state index contributed by atoms with van der Waals surface area (Å²) >= 11 is 0. The lowest BCUT2D eigenvalue weighted by Crippen LogP contribution is -2.22. The molecule has 5 nitrogen and oxygen atoms in total. The highest BCUT2D eigenvalue weighted by atomic mass is 16.5. The van der Waals surface area contributed by atoms with Gasteiger partial charge in [-0.3, -0.25) is 4.79 Å². The van der Waals surface area contributed by atoms with Gasteiger partial charge in [0.2, 0.25) is 5.91 Å². The summed E-state index contributed by atoms with van der Waals surface area (Å²) in [5.41, 5.74) is 0.992. The van der Waals surface area contributed by atoms with Crippen molar-refractivity contribution in [1.29, 1.82) is 0 Å². The Morgan fingerprint density at radius 2 is 2.00 bits per heavy atom. The molecule has 0 saturated carbocycles. The average molecular weight is 278 g/mol. The minimum atomic E-state index is 0.158. The van der Waals surface area contributed by atoms with Crippen molar-refractivity contribution in [1.82, 2.24) is 4.90 Å². The van der Waals surface area contributed by atoms with E-state index in [0.717, 1.165) is 36.6 Å². The zero-order valence-electron chi connectivity index (χ0n) is 12.1. The van der Waals surface area contributed by atoms with Crippen LogP contribution in [0, 0.1) is 0 Å². The van der Waals surface area contributed by atoms with Gasteiger partial charge in [-0.1, -0.05) is 0 Å². The molecule has 2 rings (SSSR count). The van der Waals surface area contributed by atoms with Gasteiger partial charge in [0.25, 0.3) is 0 Å². The molecule has 0 unspecified atom stereocenters. The quantitative estimate of drug-likeness (QED) is 0.838. The Morgan fingerprint density at radius 1 is 1.25 bits per heavy atom. The monoisotopic (exact) mass is 278 g/mol. The minimum Gasteiger partial charge on any atom is -0.490 e. The van der Waals surface area contributed by atoms with Gasteiger partial charge >= 0.3 is 0 Å². The van der Waals surface area contributed by atoms with Crippen LogP contribution in [0.15, 0.2) is 18.2 Å². The van der Waals surface area contributed by atoms with Gasteiger partial charge in [0.1, 0.15) is 0 Å². The molecule has 0 aliphatic carbocycles. The normalized spacial score (nSPS) is 13.5. The first-order valence-electron chi connectivity index (χ1n) is 7.00. The molecule has 1 aliphatic heterocycles. The van der Waals surface area contributed by atoms with E-state index in [0.29, 0.717) is 19.6 Å². The molecule has 1 aromatic carbocycles. The van der Waals surface area contributed by atoms with E-state index in [9.17, 15) is 4.79 Å². The molecule has 0 bridgehead atoms. The van der Waals surface area contributed by atoms with Gasteiger partial charge < -0.3 is 19.7 Å². The summed E-state index contributed by atoms with van der Waals surface area (Å²) in [5, 5.41) is 3.30. The molecular formula is C15H22N2O3. The Hall–Kier alpha value is -1.91. The van der Waals surface area contributed by atoms with Crippen molar-refractivity contribution in [2.45, 2.75) is 19.3 Å². The van der Waals surface area contributed by atoms with Gasteiger partial charge in [0.15, 0.2) is 11.5 Å². The molecule has 110 valence electrons. The number of fused-ring (bicyclic) bond motifs is 1. The van der Waals surface area contributed by atoms with Crippen LogP contribution in [0.3, 0.4) is 0 Å². The number of rotatable bonds is 5. The van der Waals surface area contributed by atoms with Crippen molar-refractivity contribution < 1.29 is 14.3 Å². The Balaban J connectivity index is 1.82. The van der Waals surface area contributed by atoms with E-state index in [4.69, 9.17) is 9.47 Å². The largest absolute Gasteiger partial charge is 0.490 e. The molecule has 1 amide bonds. The molecule has 0 spiro atoms. The third-order valence-electron chi connectivity index (χ3n) is 3.14. The first-order chi connectivity index (χ1) is 9.66. The van der Waals surface area contributed by atoms with E-state index in [2.05, 4.69) is 5.32 Å². The second kappa shape index (κ2) is 7.03. The lowest BCUT2D eigenvalue weighted by molar-refractivity contribution is -0.128. The van der Waals surface area contributed by atoms with E-state index in [-0.39, 0.29) is 5.91 Å². The fourth-order valence-corrected chi connectivity index (χ4v) is 1.97. The Labute approximate surface area is 119 Å². The molecule has 1 aromatic rings. The molecule has 1 heterocycles. The molecule has 5 heteroatoms. The summed E-state index contributed by atoms with van der Waals surface area (Å²) in [6.07, 6.45) is 2.28. The minimum absolute atomic E-state index is 0.158. The highest BCUT2D eigenvalue weighted by Crippen LogP contribution is 2.32. The molecule has 0 saturated heterocycles. The van der Waals surface area contributed by atoms with Crippen molar-refractivity contribution in [2.75, 3.05) is 39.2 Å². The van der Waals surface area contributed by atoms with Gasteiger partial charge in [-0.05, 0) is 18.6 Å². The molecule has 0 fully saturated rings. The molecule has 0 aromatic heterocycles. The van der Waals surface area contributed by atoms with Crippen LogP contribution in [0.5, 0.6) is 11.5 Å². The number of carbonyl (C=O) groups excluding carboxylic acids is 1. The van der Waals surface area contributed by atoms with E-state index in [1.807, 2.05) is 18.2 Å². The number of amides is 1. The Kier molecular flexibility index (Phi) is 5.09. The van der Waals surface area contributed by atoms with Crippen LogP contribution in [0.25, 0.3) is 0 Å². The van der Waals surface area contributed by atoms with Gasteiger partial charge in [-0.25, -0.2) is 0 Å². The fraction of sp³-hybridized carbons (Fsp3) is 0.533. The highest BCUT2D eigenvalue weighted by molar-refractivity contribution is 5.75.